The topological polar surface area (TPSA) is 104 Å². The lowest BCUT2D eigenvalue weighted by atomic mass is 9.88. The number of aliphatic imine (C=N–C) groups is 1. The van der Waals surface area contributed by atoms with Gasteiger partial charge in [0.15, 0.2) is 5.78 Å². The van der Waals surface area contributed by atoms with Crippen molar-refractivity contribution in [3.8, 4) is 0 Å². The fourth-order valence-electron chi connectivity index (χ4n) is 2.32. The Morgan fingerprint density at radius 3 is 2.86 bits per heavy atom. The molecule has 0 bridgehead atoms. The van der Waals surface area contributed by atoms with E-state index >= 15 is 0 Å². The molecule has 0 aliphatic carbocycles. The summed E-state index contributed by atoms with van der Waals surface area (Å²) in [6.45, 7) is 0.317. The second kappa shape index (κ2) is 7.95. The molecule has 1 aromatic rings. The lowest BCUT2D eigenvalue weighted by Gasteiger charge is -2.21. The van der Waals surface area contributed by atoms with Crippen molar-refractivity contribution in [1.29, 1.82) is 0 Å². The van der Waals surface area contributed by atoms with E-state index < -0.39 is 12.0 Å². The number of amides is 1. The first-order valence-corrected chi connectivity index (χ1v) is 6.96. The number of ketones is 1. The summed E-state index contributed by atoms with van der Waals surface area (Å²) in [5, 5.41) is 3.46. The fourth-order valence-corrected chi connectivity index (χ4v) is 2.32. The van der Waals surface area contributed by atoms with Gasteiger partial charge in [0.05, 0.1) is 0 Å². The predicted molar refractivity (Wildman–Crippen MR) is 79.2 cm³/mol. The Bertz CT molecular complexity index is 608. The molecule has 0 spiro atoms. The molecule has 7 heteroatoms. The van der Waals surface area contributed by atoms with E-state index in [2.05, 4.69) is 21.4 Å². The van der Waals surface area contributed by atoms with Gasteiger partial charge in [-0.15, -0.1) is 0 Å². The van der Waals surface area contributed by atoms with Crippen molar-refractivity contribution in [2.24, 2.45) is 16.0 Å². The zero-order valence-electron chi connectivity index (χ0n) is 11.9. The summed E-state index contributed by atoms with van der Waals surface area (Å²) >= 11 is 0. The van der Waals surface area contributed by atoms with E-state index in [-0.39, 0.29) is 11.7 Å². The Morgan fingerprint density at radius 1 is 1.45 bits per heavy atom. The first-order chi connectivity index (χ1) is 10.7. The second-order valence-corrected chi connectivity index (χ2v) is 4.92. The molecule has 0 saturated carbocycles. The summed E-state index contributed by atoms with van der Waals surface area (Å²) < 4.78 is 4.88. The maximum atomic E-state index is 12.5. The molecular formula is C15H15N4O3-. The van der Waals surface area contributed by atoms with Crippen LogP contribution in [0.15, 0.2) is 40.4 Å². The number of ether oxygens (including phenoxy) is 1. The predicted octanol–water partition coefficient (Wildman–Crippen LogP) is 2.34. The number of rotatable bonds is 8. The second-order valence-electron chi connectivity index (χ2n) is 4.92. The largest absolute Gasteiger partial charge is 0.570 e. The summed E-state index contributed by atoms with van der Waals surface area (Å²) in [5.41, 5.74) is 9.29. The van der Waals surface area contributed by atoms with Gasteiger partial charge in [0.1, 0.15) is 12.0 Å². The maximum Gasteiger partial charge on any atom is 0.166 e. The van der Waals surface area contributed by atoms with Crippen LogP contribution >= 0.6 is 0 Å². The number of carbonyl (C=O) groups is 2. The lowest BCUT2D eigenvalue weighted by molar-refractivity contribution is -0.137. The molecule has 0 N–H and O–H groups in total. The molecule has 1 aliphatic heterocycles. The smallest absolute Gasteiger partial charge is 0.166 e. The van der Waals surface area contributed by atoms with Crippen LogP contribution in [0.5, 0.6) is 0 Å². The minimum absolute atomic E-state index is 0.302. The average Bonchev–Trinajstić information content (AvgIpc) is 2.97. The van der Waals surface area contributed by atoms with Crippen LogP contribution in [0.3, 0.4) is 0 Å². The third kappa shape index (κ3) is 4.17. The number of benzene rings is 1. The Morgan fingerprint density at radius 2 is 2.23 bits per heavy atom. The Hall–Kier alpha value is -2.66. The van der Waals surface area contributed by atoms with Crippen molar-refractivity contribution in [3.05, 3.63) is 46.3 Å². The van der Waals surface area contributed by atoms with E-state index in [1.54, 1.807) is 0 Å². The van der Waals surface area contributed by atoms with Crippen molar-refractivity contribution in [3.63, 3.8) is 0 Å². The highest BCUT2D eigenvalue weighted by molar-refractivity contribution is 6.10. The number of hydrogen-bond donors (Lipinski definition) is 0. The number of nitrogens with zero attached hydrogens (tertiary/aromatic N) is 4. The third-order valence-corrected chi connectivity index (χ3v) is 3.41. The lowest BCUT2D eigenvalue weighted by Crippen LogP contribution is -2.34. The minimum Gasteiger partial charge on any atom is -0.570 e. The van der Waals surface area contributed by atoms with Gasteiger partial charge in [-0.3, -0.25) is 4.79 Å². The molecule has 0 aromatic heterocycles. The third-order valence-electron chi connectivity index (χ3n) is 3.41. The zero-order chi connectivity index (χ0) is 15.8. The first kappa shape index (κ1) is 15.7. The van der Waals surface area contributed by atoms with Gasteiger partial charge >= 0.3 is 0 Å². The van der Waals surface area contributed by atoms with Gasteiger partial charge in [-0.25, -0.2) is 0 Å². The standard InChI is InChI=1S/C15H15N4O3/c16-19-18-8-4-7-12(9-11-5-2-1-3-6-11)13(20)14-15(21)17-10-22-14/h1-3,5-6,12,14H,4,7-9H2/q-1/t12-,14?/m0/s1. The van der Waals surface area contributed by atoms with Gasteiger partial charge in [0.2, 0.25) is 0 Å². The summed E-state index contributed by atoms with van der Waals surface area (Å²) in [7, 11) is 0. The zero-order valence-corrected chi connectivity index (χ0v) is 11.9. The molecule has 0 saturated heterocycles. The highest BCUT2D eigenvalue weighted by atomic mass is 16.5. The van der Waals surface area contributed by atoms with Crippen LogP contribution < -0.4 is 0 Å². The number of azide groups is 1. The van der Waals surface area contributed by atoms with E-state index in [4.69, 9.17) is 10.3 Å². The molecule has 1 heterocycles. The van der Waals surface area contributed by atoms with Crippen molar-refractivity contribution >= 4 is 18.1 Å². The van der Waals surface area contributed by atoms with Gasteiger partial charge in [-0.2, -0.15) is 0 Å². The Labute approximate surface area is 127 Å². The van der Waals surface area contributed by atoms with Gasteiger partial charge in [-0.1, -0.05) is 35.4 Å². The van der Waals surface area contributed by atoms with E-state index in [1.807, 2.05) is 30.3 Å². The molecule has 1 aromatic carbocycles. The number of Topliss-reactive ketones (excluding diaryl/α,β-unsaturated/α-hetero) is 1. The molecule has 1 aliphatic rings. The molecule has 0 radical (unpaired) electrons. The Balaban J connectivity index is 2.04. The molecule has 2 rings (SSSR count). The van der Waals surface area contributed by atoms with E-state index in [0.717, 1.165) is 5.56 Å². The van der Waals surface area contributed by atoms with Gasteiger partial charge < -0.3 is 14.5 Å². The minimum atomic E-state index is -1.19. The van der Waals surface area contributed by atoms with Crippen molar-refractivity contribution in [2.45, 2.75) is 25.4 Å². The van der Waals surface area contributed by atoms with E-state index in [9.17, 15) is 9.59 Å². The van der Waals surface area contributed by atoms with Crippen molar-refractivity contribution in [2.75, 3.05) is 6.54 Å². The van der Waals surface area contributed by atoms with E-state index in [0.29, 0.717) is 25.8 Å². The summed E-state index contributed by atoms with van der Waals surface area (Å²) in [6, 6.07) is 9.53. The van der Waals surface area contributed by atoms with Crippen LogP contribution in [-0.4, -0.2) is 30.7 Å². The highest BCUT2D eigenvalue weighted by Crippen LogP contribution is 2.20. The summed E-state index contributed by atoms with van der Waals surface area (Å²) in [4.78, 5) is 30.0. The van der Waals surface area contributed by atoms with Crippen LogP contribution in [-0.2, 0) is 20.7 Å². The van der Waals surface area contributed by atoms with Crippen LogP contribution in [0.2, 0.25) is 0 Å². The van der Waals surface area contributed by atoms with Gasteiger partial charge in [-0.05, 0) is 30.4 Å². The number of carbonyl (C=O) groups excluding carboxylic acids is 2. The van der Waals surface area contributed by atoms with Crippen molar-refractivity contribution in [1.82, 2.24) is 0 Å². The molecule has 7 nitrogen and oxygen atoms in total. The fraction of sp³-hybridized carbons (Fsp3) is 0.400. The normalized spacial score (nSPS) is 17.6. The summed E-state index contributed by atoms with van der Waals surface area (Å²) in [5.74, 6) is -1.30. The first-order valence-electron chi connectivity index (χ1n) is 6.96. The van der Waals surface area contributed by atoms with Crippen LogP contribution in [0.25, 0.3) is 10.4 Å². The molecule has 1 amide bonds. The van der Waals surface area contributed by atoms with Crippen LogP contribution in [0.4, 0.5) is 0 Å². The maximum absolute atomic E-state index is 12.5. The summed E-state index contributed by atoms with van der Waals surface area (Å²) in [6.07, 6.45) is 2.48. The molecular weight excluding hydrogens is 284 g/mol. The molecule has 114 valence electrons. The molecule has 0 fully saturated rings. The quantitative estimate of drug-likeness (QED) is 0.184. The van der Waals surface area contributed by atoms with Gasteiger partial charge in [0, 0.05) is 23.8 Å². The Kier molecular flexibility index (Phi) is 5.68. The number of hydrogen-bond acceptors (Lipinski definition) is 4. The average molecular weight is 299 g/mol. The van der Waals surface area contributed by atoms with Crippen molar-refractivity contribution < 1.29 is 14.3 Å². The highest BCUT2D eigenvalue weighted by Gasteiger charge is 2.29. The van der Waals surface area contributed by atoms with Gasteiger partial charge in [0.25, 0.3) is 0 Å². The SMILES string of the molecule is [N-]=[N+]=NCCC[C@@H](Cc1ccccc1)C(=O)C1O[C-]=NC1=O. The molecule has 2 atom stereocenters. The monoisotopic (exact) mass is 299 g/mol. The van der Waals surface area contributed by atoms with E-state index in [1.165, 1.54) is 0 Å². The molecule has 1 unspecified atom stereocenters. The molecule has 22 heavy (non-hydrogen) atoms. The van der Waals surface area contributed by atoms with Crippen LogP contribution in [0.1, 0.15) is 18.4 Å². The van der Waals surface area contributed by atoms with Crippen LogP contribution in [0, 0.1) is 5.92 Å².